The predicted molar refractivity (Wildman–Crippen MR) is 117 cm³/mol. The lowest BCUT2D eigenvalue weighted by Crippen LogP contribution is -2.48. The lowest BCUT2D eigenvalue weighted by atomic mass is 9.81. The molecule has 0 spiro atoms. The molecule has 2 atom stereocenters. The van der Waals surface area contributed by atoms with E-state index in [2.05, 4.69) is 15.4 Å². The van der Waals surface area contributed by atoms with E-state index >= 15 is 0 Å². The molecule has 8 nitrogen and oxygen atoms in total. The van der Waals surface area contributed by atoms with Crippen LogP contribution in [0.3, 0.4) is 0 Å². The topological polar surface area (TPSA) is 114 Å². The molecule has 1 aliphatic carbocycles. The fraction of sp³-hybridized carbons (Fsp3) is 0.636. The number of amides is 2. The minimum Gasteiger partial charge on any atom is -0.376 e. The van der Waals surface area contributed by atoms with Crippen LogP contribution in [0.1, 0.15) is 45.4 Å². The maximum atomic E-state index is 13.0. The first kappa shape index (κ1) is 24.6. The number of carbonyl (C=O) groups is 2. The van der Waals surface area contributed by atoms with E-state index in [9.17, 15) is 22.4 Å². The molecule has 1 saturated heterocycles. The first-order valence-electron chi connectivity index (χ1n) is 11.2. The Morgan fingerprint density at radius 1 is 1.09 bits per heavy atom. The molecule has 0 unspecified atom stereocenters. The first-order chi connectivity index (χ1) is 15.2. The zero-order chi connectivity index (χ0) is 23.1. The monoisotopic (exact) mass is 469 g/mol. The van der Waals surface area contributed by atoms with E-state index < -0.39 is 21.9 Å². The Kier molecular flexibility index (Phi) is 8.61. The van der Waals surface area contributed by atoms with Gasteiger partial charge in [-0.1, -0.05) is 0 Å². The van der Waals surface area contributed by atoms with Gasteiger partial charge in [-0.15, -0.1) is 0 Å². The Balaban J connectivity index is 1.37. The summed E-state index contributed by atoms with van der Waals surface area (Å²) < 4.78 is 45.7. The molecular formula is C22H32FN3O5S. The summed E-state index contributed by atoms with van der Waals surface area (Å²) in [5.74, 6) is -0.919. The molecule has 2 amide bonds. The van der Waals surface area contributed by atoms with Crippen molar-refractivity contribution in [2.75, 3.05) is 19.7 Å². The number of nitrogens with one attached hydrogen (secondary N) is 3. The molecular weight excluding hydrogens is 437 g/mol. The van der Waals surface area contributed by atoms with Crippen LogP contribution in [0.2, 0.25) is 0 Å². The quantitative estimate of drug-likeness (QED) is 0.510. The number of hydrogen-bond acceptors (Lipinski definition) is 5. The second-order valence-electron chi connectivity index (χ2n) is 8.63. The molecule has 2 aliphatic rings. The number of benzene rings is 1. The van der Waals surface area contributed by atoms with Gasteiger partial charge in [-0.2, -0.15) is 0 Å². The van der Waals surface area contributed by atoms with Crippen molar-refractivity contribution in [1.82, 2.24) is 15.4 Å². The van der Waals surface area contributed by atoms with Crippen molar-refractivity contribution < 1.29 is 27.1 Å². The highest BCUT2D eigenvalue weighted by atomic mass is 32.2. The van der Waals surface area contributed by atoms with Gasteiger partial charge in [-0.25, -0.2) is 17.5 Å². The molecule has 1 heterocycles. The van der Waals surface area contributed by atoms with Crippen LogP contribution in [0.4, 0.5) is 4.39 Å². The SMILES string of the molecule is C[C@H](NC(=O)C1CCC(CNS(=O)(=O)c2ccc(F)cc2)CC1)C(=O)NC[C@@H]1CCCO1. The number of ether oxygens (including phenoxy) is 1. The number of halogens is 1. The van der Waals surface area contributed by atoms with Crippen LogP contribution in [0.25, 0.3) is 0 Å². The van der Waals surface area contributed by atoms with Crippen LogP contribution >= 0.6 is 0 Å². The third kappa shape index (κ3) is 6.98. The van der Waals surface area contributed by atoms with Gasteiger partial charge in [-0.3, -0.25) is 9.59 Å². The number of hydrogen-bond donors (Lipinski definition) is 3. The van der Waals surface area contributed by atoms with Gasteiger partial charge < -0.3 is 15.4 Å². The van der Waals surface area contributed by atoms with Crippen molar-refractivity contribution in [2.45, 2.75) is 62.5 Å². The molecule has 3 rings (SSSR count). The van der Waals surface area contributed by atoms with Gasteiger partial charge in [0, 0.05) is 25.6 Å². The highest BCUT2D eigenvalue weighted by Crippen LogP contribution is 2.29. The molecule has 0 bridgehead atoms. The van der Waals surface area contributed by atoms with Gasteiger partial charge in [0.1, 0.15) is 11.9 Å². The van der Waals surface area contributed by atoms with E-state index in [1.165, 1.54) is 12.1 Å². The zero-order valence-corrected chi connectivity index (χ0v) is 19.1. The molecule has 32 heavy (non-hydrogen) atoms. The van der Waals surface area contributed by atoms with E-state index in [-0.39, 0.29) is 41.2 Å². The smallest absolute Gasteiger partial charge is 0.242 e. The third-order valence-electron chi connectivity index (χ3n) is 6.18. The molecule has 3 N–H and O–H groups in total. The second kappa shape index (κ2) is 11.2. The summed E-state index contributed by atoms with van der Waals surface area (Å²) in [5.41, 5.74) is 0. The molecule has 1 saturated carbocycles. The van der Waals surface area contributed by atoms with Gasteiger partial charge in [0.2, 0.25) is 21.8 Å². The maximum absolute atomic E-state index is 13.0. The predicted octanol–water partition coefficient (Wildman–Crippen LogP) is 1.71. The Bertz CT molecular complexity index is 879. The molecule has 0 radical (unpaired) electrons. The largest absolute Gasteiger partial charge is 0.376 e. The van der Waals surface area contributed by atoms with Crippen molar-refractivity contribution in [3.63, 3.8) is 0 Å². The van der Waals surface area contributed by atoms with Crippen molar-refractivity contribution in [3.05, 3.63) is 30.1 Å². The Morgan fingerprint density at radius 2 is 1.78 bits per heavy atom. The minimum atomic E-state index is -3.69. The van der Waals surface area contributed by atoms with E-state index in [0.29, 0.717) is 32.2 Å². The van der Waals surface area contributed by atoms with Crippen LogP contribution < -0.4 is 15.4 Å². The zero-order valence-electron chi connectivity index (χ0n) is 18.3. The maximum Gasteiger partial charge on any atom is 0.242 e. The summed E-state index contributed by atoms with van der Waals surface area (Å²) in [7, 11) is -3.69. The van der Waals surface area contributed by atoms with Gasteiger partial charge in [0.25, 0.3) is 0 Å². The molecule has 1 aromatic rings. The van der Waals surface area contributed by atoms with E-state index in [1.807, 2.05) is 0 Å². The van der Waals surface area contributed by atoms with Crippen LogP contribution in [0.5, 0.6) is 0 Å². The standard InChI is InChI=1S/C22H32FN3O5S/c1-15(21(27)24-14-19-3-2-12-31-19)26-22(28)17-6-4-16(5-7-17)13-25-32(29,30)20-10-8-18(23)9-11-20/h8-11,15-17,19,25H,2-7,12-14H2,1H3,(H,24,27)(H,26,28)/t15-,16?,17?,19-/m0/s1. The minimum absolute atomic E-state index is 0.0266. The van der Waals surface area contributed by atoms with Crippen molar-refractivity contribution in [3.8, 4) is 0 Å². The fourth-order valence-corrected chi connectivity index (χ4v) is 5.24. The summed E-state index contributed by atoms with van der Waals surface area (Å²) in [6.07, 6.45) is 4.69. The Hall–Kier alpha value is -2.04. The molecule has 178 valence electrons. The van der Waals surface area contributed by atoms with Crippen LogP contribution in [0, 0.1) is 17.7 Å². The summed E-state index contributed by atoms with van der Waals surface area (Å²) in [6.45, 7) is 3.12. The summed E-state index contributed by atoms with van der Waals surface area (Å²) in [5, 5.41) is 5.61. The van der Waals surface area contributed by atoms with E-state index in [0.717, 1.165) is 31.6 Å². The van der Waals surface area contributed by atoms with Crippen molar-refractivity contribution in [2.24, 2.45) is 11.8 Å². The van der Waals surface area contributed by atoms with Crippen molar-refractivity contribution in [1.29, 1.82) is 0 Å². The lowest BCUT2D eigenvalue weighted by molar-refractivity contribution is -0.131. The van der Waals surface area contributed by atoms with E-state index in [1.54, 1.807) is 6.92 Å². The normalized spacial score (nSPS) is 24.6. The summed E-state index contributed by atoms with van der Waals surface area (Å²) in [6, 6.07) is 4.07. The number of sulfonamides is 1. The Morgan fingerprint density at radius 3 is 2.41 bits per heavy atom. The van der Waals surface area contributed by atoms with Crippen molar-refractivity contribution >= 4 is 21.8 Å². The van der Waals surface area contributed by atoms with Crippen LogP contribution in [-0.4, -0.2) is 52.1 Å². The average molecular weight is 470 g/mol. The highest BCUT2D eigenvalue weighted by molar-refractivity contribution is 7.89. The van der Waals surface area contributed by atoms with Crippen LogP contribution in [-0.2, 0) is 24.3 Å². The fourth-order valence-electron chi connectivity index (χ4n) is 4.12. The molecule has 10 heteroatoms. The second-order valence-corrected chi connectivity index (χ2v) is 10.4. The summed E-state index contributed by atoms with van der Waals surface area (Å²) in [4.78, 5) is 24.8. The molecule has 0 aromatic heterocycles. The Labute approximate surface area is 188 Å². The van der Waals surface area contributed by atoms with Gasteiger partial charge in [0.05, 0.1) is 11.0 Å². The first-order valence-corrected chi connectivity index (χ1v) is 12.7. The third-order valence-corrected chi connectivity index (χ3v) is 7.62. The number of rotatable bonds is 9. The lowest BCUT2D eigenvalue weighted by Gasteiger charge is -2.28. The summed E-state index contributed by atoms with van der Waals surface area (Å²) >= 11 is 0. The number of carbonyl (C=O) groups excluding carboxylic acids is 2. The van der Waals surface area contributed by atoms with Gasteiger partial charge in [-0.05, 0) is 75.6 Å². The van der Waals surface area contributed by atoms with E-state index in [4.69, 9.17) is 4.74 Å². The highest BCUT2D eigenvalue weighted by Gasteiger charge is 2.29. The molecule has 1 aliphatic heterocycles. The van der Waals surface area contributed by atoms with Gasteiger partial charge >= 0.3 is 0 Å². The molecule has 2 fully saturated rings. The average Bonchev–Trinajstić information content (AvgIpc) is 3.30. The molecule has 1 aromatic carbocycles. The van der Waals surface area contributed by atoms with Gasteiger partial charge in [0.15, 0.2) is 0 Å². The van der Waals surface area contributed by atoms with Crippen LogP contribution in [0.15, 0.2) is 29.2 Å².